The minimum atomic E-state index is -0.401. The van der Waals surface area contributed by atoms with Crippen molar-refractivity contribution in [2.24, 2.45) is 0 Å². The predicted molar refractivity (Wildman–Crippen MR) is 115 cm³/mol. The fourth-order valence-electron chi connectivity index (χ4n) is 2.15. The van der Waals surface area contributed by atoms with E-state index in [9.17, 15) is 4.79 Å². The average Bonchev–Trinajstić information content (AvgIpc) is 2.74. The van der Waals surface area contributed by atoms with Gasteiger partial charge in [-0.2, -0.15) is 0 Å². The van der Waals surface area contributed by atoms with Crippen LogP contribution in [0.15, 0.2) is 12.2 Å². The van der Waals surface area contributed by atoms with Crippen LogP contribution in [0.1, 0.15) is 39.5 Å². The highest BCUT2D eigenvalue weighted by Crippen LogP contribution is 1.98. The van der Waals surface area contributed by atoms with Gasteiger partial charge in [-0.1, -0.05) is 32.8 Å². The Hall–Kier alpha value is -1.03. The fourth-order valence-corrected chi connectivity index (χ4v) is 2.15. The van der Waals surface area contributed by atoms with E-state index in [-0.39, 0.29) is 6.61 Å². The third kappa shape index (κ3) is 23.3. The first-order valence-electron chi connectivity index (χ1n) is 11.0. The van der Waals surface area contributed by atoms with Gasteiger partial charge in [0.05, 0.1) is 72.7 Å². The number of hydrogen-bond acceptors (Lipinski definition) is 8. The van der Waals surface area contributed by atoms with E-state index in [2.05, 4.69) is 13.5 Å². The SMILES string of the molecule is C=C(C)C(=O)OCCOCCOCCOCCOCCOCCOCCCCCC. The molecule has 0 bridgehead atoms. The second-order valence-corrected chi connectivity index (χ2v) is 6.65. The highest BCUT2D eigenvalue weighted by Gasteiger charge is 2.01. The number of carbonyl (C=O) groups excluding carboxylic acids is 1. The Morgan fingerprint density at radius 3 is 1.30 bits per heavy atom. The molecular weight excluding hydrogens is 392 g/mol. The normalized spacial score (nSPS) is 11.0. The zero-order valence-corrected chi connectivity index (χ0v) is 19.0. The van der Waals surface area contributed by atoms with Crippen LogP contribution in [0.4, 0.5) is 0 Å². The van der Waals surface area contributed by atoms with Gasteiger partial charge in [0, 0.05) is 12.2 Å². The van der Waals surface area contributed by atoms with Crippen LogP contribution in [0.5, 0.6) is 0 Å². The van der Waals surface area contributed by atoms with Crippen molar-refractivity contribution in [1.82, 2.24) is 0 Å². The van der Waals surface area contributed by atoms with Crippen molar-refractivity contribution >= 4 is 5.97 Å². The maximum absolute atomic E-state index is 11.1. The summed E-state index contributed by atoms with van der Waals surface area (Å²) in [4.78, 5) is 11.1. The molecule has 30 heavy (non-hydrogen) atoms. The van der Waals surface area contributed by atoms with E-state index in [1.807, 2.05) is 0 Å². The third-order valence-corrected chi connectivity index (χ3v) is 3.81. The Morgan fingerprint density at radius 1 is 0.567 bits per heavy atom. The zero-order chi connectivity index (χ0) is 22.1. The van der Waals surface area contributed by atoms with E-state index in [1.54, 1.807) is 6.92 Å². The summed E-state index contributed by atoms with van der Waals surface area (Å²) in [6.07, 6.45) is 4.89. The van der Waals surface area contributed by atoms with Gasteiger partial charge < -0.3 is 33.2 Å². The summed E-state index contributed by atoms with van der Waals surface area (Å²) in [6.45, 7) is 14.0. The molecule has 0 fully saturated rings. The van der Waals surface area contributed by atoms with Crippen molar-refractivity contribution < 1.29 is 38.0 Å². The molecule has 0 aromatic rings. The van der Waals surface area contributed by atoms with E-state index < -0.39 is 5.97 Å². The number of unbranched alkanes of at least 4 members (excludes halogenated alkanes) is 3. The Kier molecular flexibility index (Phi) is 23.4. The molecule has 0 amide bonds. The molecule has 0 aliphatic carbocycles. The van der Waals surface area contributed by atoms with Crippen LogP contribution in [0.25, 0.3) is 0 Å². The Labute approximate surface area is 182 Å². The average molecular weight is 435 g/mol. The summed E-state index contributed by atoms with van der Waals surface area (Å²) in [5.74, 6) is -0.401. The first-order chi connectivity index (χ1) is 14.7. The van der Waals surface area contributed by atoms with Gasteiger partial charge in [-0.05, 0) is 13.3 Å². The van der Waals surface area contributed by atoms with Crippen LogP contribution in [0.3, 0.4) is 0 Å². The summed E-state index contributed by atoms with van der Waals surface area (Å²) in [5.41, 5.74) is 0.381. The lowest BCUT2D eigenvalue weighted by Crippen LogP contribution is -2.15. The summed E-state index contributed by atoms with van der Waals surface area (Å²) >= 11 is 0. The fraction of sp³-hybridized carbons (Fsp3) is 0.864. The second-order valence-electron chi connectivity index (χ2n) is 6.65. The van der Waals surface area contributed by atoms with Gasteiger partial charge in [-0.3, -0.25) is 0 Å². The monoisotopic (exact) mass is 434 g/mol. The summed E-state index contributed by atoms with van der Waals surface area (Å²) < 4.78 is 37.3. The molecule has 0 spiro atoms. The molecule has 0 rings (SSSR count). The predicted octanol–water partition coefficient (Wildman–Crippen LogP) is 2.79. The third-order valence-electron chi connectivity index (χ3n) is 3.81. The van der Waals surface area contributed by atoms with E-state index in [0.29, 0.717) is 78.2 Å². The van der Waals surface area contributed by atoms with Gasteiger partial charge in [0.1, 0.15) is 6.61 Å². The van der Waals surface area contributed by atoms with Crippen molar-refractivity contribution in [3.8, 4) is 0 Å². The Morgan fingerprint density at radius 2 is 0.933 bits per heavy atom. The summed E-state index contributed by atoms with van der Waals surface area (Å²) in [7, 11) is 0. The van der Waals surface area contributed by atoms with E-state index in [1.165, 1.54) is 19.3 Å². The number of hydrogen-bond donors (Lipinski definition) is 0. The second kappa shape index (κ2) is 24.2. The molecule has 0 heterocycles. The van der Waals surface area contributed by atoms with Gasteiger partial charge in [-0.25, -0.2) is 4.79 Å². The largest absolute Gasteiger partial charge is 0.460 e. The first-order valence-corrected chi connectivity index (χ1v) is 11.0. The van der Waals surface area contributed by atoms with Crippen LogP contribution in [-0.2, 0) is 38.0 Å². The molecule has 178 valence electrons. The molecular formula is C22H42O8. The molecule has 0 atom stereocenters. The Balaban J connectivity index is 3.05. The smallest absolute Gasteiger partial charge is 0.333 e. The minimum absolute atomic E-state index is 0.215. The van der Waals surface area contributed by atoms with Crippen LogP contribution < -0.4 is 0 Å². The van der Waals surface area contributed by atoms with Gasteiger partial charge in [-0.15, -0.1) is 0 Å². The molecule has 8 nitrogen and oxygen atoms in total. The maximum atomic E-state index is 11.1. The molecule has 0 saturated heterocycles. The van der Waals surface area contributed by atoms with Gasteiger partial charge >= 0.3 is 5.97 Å². The molecule has 0 radical (unpaired) electrons. The van der Waals surface area contributed by atoms with Crippen molar-refractivity contribution in [2.75, 3.05) is 85.9 Å². The standard InChI is InChI=1S/C22H42O8/c1-4-5-6-7-8-24-9-10-25-11-12-26-13-14-27-15-16-28-17-18-29-19-20-30-22(23)21(2)3/h2,4-20H2,1,3H3. The van der Waals surface area contributed by atoms with Crippen molar-refractivity contribution in [1.29, 1.82) is 0 Å². The van der Waals surface area contributed by atoms with Crippen LogP contribution in [-0.4, -0.2) is 91.9 Å². The number of rotatable bonds is 24. The van der Waals surface area contributed by atoms with Gasteiger partial charge in [0.2, 0.25) is 0 Å². The zero-order valence-electron chi connectivity index (χ0n) is 19.0. The van der Waals surface area contributed by atoms with Crippen molar-refractivity contribution in [2.45, 2.75) is 39.5 Å². The van der Waals surface area contributed by atoms with E-state index >= 15 is 0 Å². The lowest BCUT2D eigenvalue weighted by Gasteiger charge is -2.08. The topological polar surface area (TPSA) is 81.7 Å². The molecule has 0 N–H and O–H groups in total. The molecule has 0 aliphatic rings. The van der Waals surface area contributed by atoms with Crippen molar-refractivity contribution in [3.05, 3.63) is 12.2 Å². The molecule has 0 saturated carbocycles. The summed E-state index contributed by atoms with van der Waals surface area (Å²) in [6, 6.07) is 0. The molecule has 8 heteroatoms. The number of carbonyl (C=O) groups is 1. The van der Waals surface area contributed by atoms with E-state index in [4.69, 9.17) is 33.2 Å². The van der Waals surface area contributed by atoms with Crippen LogP contribution in [0, 0.1) is 0 Å². The molecule has 0 unspecified atom stereocenters. The highest BCUT2D eigenvalue weighted by atomic mass is 16.6. The lowest BCUT2D eigenvalue weighted by molar-refractivity contribution is -0.140. The van der Waals surface area contributed by atoms with Gasteiger partial charge in [0.15, 0.2) is 0 Å². The number of ether oxygens (including phenoxy) is 7. The van der Waals surface area contributed by atoms with Crippen molar-refractivity contribution in [3.63, 3.8) is 0 Å². The maximum Gasteiger partial charge on any atom is 0.333 e. The lowest BCUT2D eigenvalue weighted by atomic mass is 10.2. The van der Waals surface area contributed by atoms with Gasteiger partial charge in [0.25, 0.3) is 0 Å². The summed E-state index contributed by atoms with van der Waals surface area (Å²) in [5, 5.41) is 0. The minimum Gasteiger partial charge on any atom is -0.460 e. The van der Waals surface area contributed by atoms with Crippen LogP contribution >= 0.6 is 0 Å². The van der Waals surface area contributed by atoms with E-state index in [0.717, 1.165) is 13.0 Å². The molecule has 0 aromatic carbocycles. The Bertz CT molecular complexity index is 389. The quantitative estimate of drug-likeness (QED) is 0.130. The molecule has 0 aromatic heterocycles. The highest BCUT2D eigenvalue weighted by molar-refractivity contribution is 5.86. The molecule has 0 aliphatic heterocycles. The first kappa shape index (κ1) is 29.0. The van der Waals surface area contributed by atoms with Crippen LogP contribution in [0.2, 0.25) is 0 Å². The number of esters is 1.